The molecule has 2 N–H and O–H groups in total. The minimum Gasteiger partial charge on any atom is -0.457 e. The van der Waals surface area contributed by atoms with Gasteiger partial charge in [0.2, 0.25) is 0 Å². The maximum Gasteiger partial charge on any atom is 0.191 e. The summed E-state index contributed by atoms with van der Waals surface area (Å²) in [5.41, 5.74) is 0.998. The summed E-state index contributed by atoms with van der Waals surface area (Å²) in [6.45, 7) is 4.88. The molecule has 138 valence electrons. The van der Waals surface area contributed by atoms with Gasteiger partial charge in [0.1, 0.15) is 12.3 Å². The number of ether oxygens (including phenoxy) is 1. The van der Waals surface area contributed by atoms with E-state index in [4.69, 9.17) is 9.15 Å². The van der Waals surface area contributed by atoms with Crippen molar-refractivity contribution in [1.82, 2.24) is 15.6 Å². The molecule has 0 atom stereocenters. The van der Waals surface area contributed by atoms with Crippen LogP contribution in [-0.2, 0) is 11.3 Å². The molecular formula is C19H24N4O2S. The highest BCUT2D eigenvalue weighted by Crippen LogP contribution is 2.31. The Morgan fingerprint density at radius 2 is 2.12 bits per heavy atom. The molecular weight excluding hydrogens is 348 g/mol. The molecule has 0 aliphatic carbocycles. The van der Waals surface area contributed by atoms with Gasteiger partial charge in [-0.1, -0.05) is 12.1 Å². The molecule has 3 rings (SSSR count). The van der Waals surface area contributed by atoms with Gasteiger partial charge in [-0.15, -0.1) is 11.3 Å². The molecule has 1 aromatic carbocycles. The SMILES string of the molecule is CCNC(=NCc1ccc(-c2nc3ccccc3s2)o1)NCCCOC. The molecule has 0 aliphatic rings. The summed E-state index contributed by atoms with van der Waals surface area (Å²) in [7, 11) is 1.71. The minimum atomic E-state index is 0.477. The van der Waals surface area contributed by atoms with Crippen LogP contribution >= 0.6 is 11.3 Å². The van der Waals surface area contributed by atoms with Gasteiger partial charge >= 0.3 is 0 Å². The number of methoxy groups -OCH3 is 1. The third-order valence-electron chi connectivity index (χ3n) is 3.72. The molecule has 7 heteroatoms. The number of fused-ring (bicyclic) bond motifs is 1. The Bertz CT molecular complexity index is 823. The molecule has 0 bridgehead atoms. The Morgan fingerprint density at radius 3 is 2.92 bits per heavy atom. The molecule has 0 radical (unpaired) electrons. The molecule has 6 nitrogen and oxygen atoms in total. The first-order valence-electron chi connectivity index (χ1n) is 8.76. The molecule has 2 heterocycles. The maximum atomic E-state index is 5.94. The Morgan fingerprint density at radius 1 is 1.23 bits per heavy atom. The Kier molecular flexibility index (Phi) is 6.62. The molecule has 0 fully saturated rings. The van der Waals surface area contributed by atoms with E-state index in [-0.39, 0.29) is 0 Å². The van der Waals surface area contributed by atoms with Crippen LogP contribution in [0.15, 0.2) is 45.8 Å². The highest BCUT2D eigenvalue weighted by atomic mass is 32.1. The van der Waals surface area contributed by atoms with Crippen LogP contribution < -0.4 is 10.6 Å². The number of furan rings is 1. The van der Waals surface area contributed by atoms with Crippen LogP contribution in [0, 0.1) is 0 Å². The van der Waals surface area contributed by atoms with Gasteiger partial charge < -0.3 is 19.8 Å². The van der Waals surface area contributed by atoms with Crippen LogP contribution in [0.1, 0.15) is 19.1 Å². The van der Waals surface area contributed by atoms with Gasteiger partial charge in [-0.25, -0.2) is 9.98 Å². The van der Waals surface area contributed by atoms with Crippen molar-refractivity contribution in [3.05, 3.63) is 42.2 Å². The first-order valence-corrected chi connectivity index (χ1v) is 9.57. The van der Waals surface area contributed by atoms with Gasteiger partial charge in [0, 0.05) is 26.8 Å². The Labute approximate surface area is 157 Å². The number of nitrogens with one attached hydrogen (secondary N) is 2. The lowest BCUT2D eigenvalue weighted by Gasteiger charge is -2.10. The molecule has 0 spiro atoms. The molecule has 0 aliphatic heterocycles. The Hall–Kier alpha value is -2.38. The van der Waals surface area contributed by atoms with Crippen molar-refractivity contribution in [3.8, 4) is 10.8 Å². The average Bonchev–Trinajstić information content (AvgIpc) is 3.29. The second-order valence-electron chi connectivity index (χ2n) is 5.72. The van der Waals surface area contributed by atoms with Gasteiger partial charge in [-0.3, -0.25) is 0 Å². The zero-order chi connectivity index (χ0) is 18.2. The smallest absolute Gasteiger partial charge is 0.191 e. The van der Waals surface area contributed by atoms with E-state index < -0.39 is 0 Å². The minimum absolute atomic E-state index is 0.477. The van der Waals surface area contributed by atoms with E-state index in [2.05, 4.69) is 26.7 Å². The van der Waals surface area contributed by atoms with Crippen molar-refractivity contribution in [2.75, 3.05) is 26.8 Å². The van der Waals surface area contributed by atoms with Crippen LogP contribution in [0.3, 0.4) is 0 Å². The maximum absolute atomic E-state index is 5.94. The topological polar surface area (TPSA) is 71.7 Å². The lowest BCUT2D eigenvalue weighted by molar-refractivity contribution is 0.195. The van der Waals surface area contributed by atoms with Crippen molar-refractivity contribution in [2.45, 2.75) is 19.9 Å². The highest BCUT2D eigenvalue weighted by Gasteiger charge is 2.10. The predicted molar refractivity (Wildman–Crippen MR) is 107 cm³/mol. The number of thiazole rings is 1. The van der Waals surface area contributed by atoms with Crippen molar-refractivity contribution < 1.29 is 9.15 Å². The molecule has 3 aromatic rings. The third kappa shape index (κ3) is 4.83. The van der Waals surface area contributed by atoms with E-state index in [1.807, 2.05) is 37.3 Å². The quantitative estimate of drug-likeness (QED) is 0.359. The molecule has 2 aromatic heterocycles. The number of benzene rings is 1. The van der Waals surface area contributed by atoms with Gasteiger partial charge in [0.05, 0.1) is 10.2 Å². The van der Waals surface area contributed by atoms with Crippen molar-refractivity contribution >= 4 is 27.5 Å². The fourth-order valence-corrected chi connectivity index (χ4v) is 3.40. The summed E-state index contributed by atoms with van der Waals surface area (Å²) in [6.07, 6.45) is 0.934. The van der Waals surface area contributed by atoms with E-state index in [0.29, 0.717) is 6.54 Å². The van der Waals surface area contributed by atoms with E-state index in [9.17, 15) is 0 Å². The zero-order valence-corrected chi connectivity index (χ0v) is 15.9. The first kappa shape index (κ1) is 18.4. The van der Waals surface area contributed by atoms with E-state index >= 15 is 0 Å². The number of guanidine groups is 1. The van der Waals surface area contributed by atoms with E-state index in [1.165, 1.54) is 0 Å². The number of aliphatic imine (C=N–C) groups is 1. The second kappa shape index (κ2) is 9.35. The summed E-state index contributed by atoms with van der Waals surface area (Å²) in [5.74, 6) is 2.38. The summed E-state index contributed by atoms with van der Waals surface area (Å²) in [6, 6.07) is 12.0. The van der Waals surface area contributed by atoms with Crippen LogP contribution in [0.25, 0.3) is 21.0 Å². The largest absolute Gasteiger partial charge is 0.457 e. The third-order valence-corrected chi connectivity index (χ3v) is 4.77. The summed E-state index contributed by atoms with van der Waals surface area (Å²) in [5, 5.41) is 7.42. The summed E-state index contributed by atoms with van der Waals surface area (Å²) < 4.78 is 12.2. The predicted octanol–water partition coefficient (Wildman–Crippen LogP) is 3.65. The van der Waals surface area contributed by atoms with Crippen molar-refractivity contribution in [2.24, 2.45) is 4.99 Å². The van der Waals surface area contributed by atoms with Crippen LogP contribution in [0.2, 0.25) is 0 Å². The van der Waals surface area contributed by atoms with Gasteiger partial charge in [0.25, 0.3) is 0 Å². The second-order valence-corrected chi connectivity index (χ2v) is 6.75. The molecule has 0 unspecified atom stereocenters. The van der Waals surface area contributed by atoms with E-state index in [1.54, 1.807) is 18.4 Å². The molecule has 0 saturated heterocycles. The number of para-hydroxylation sites is 1. The lowest BCUT2D eigenvalue weighted by Crippen LogP contribution is -2.38. The van der Waals surface area contributed by atoms with Crippen LogP contribution in [0.5, 0.6) is 0 Å². The molecule has 26 heavy (non-hydrogen) atoms. The van der Waals surface area contributed by atoms with Crippen molar-refractivity contribution in [3.63, 3.8) is 0 Å². The van der Waals surface area contributed by atoms with Gasteiger partial charge in [-0.2, -0.15) is 0 Å². The number of hydrogen-bond acceptors (Lipinski definition) is 5. The van der Waals surface area contributed by atoms with E-state index in [0.717, 1.165) is 58.8 Å². The van der Waals surface area contributed by atoms with Crippen LogP contribution in [0.4, 0.5) is 0 Å². The number of nitrogens with zero attached hydrogens (tertiary/aromatic N) is 2. The zero-order valence-electron chi connectivity index (χ0n) is 15.1. The lowest BCUT2D eigenvalue weighted by atomic mass is 10.3. The van der Waals surface area contributed by atoms with Crippen molar-refractivity contribution in [1.29, 1.82) is 0 Å². The number of aromatic nitrogens is 1. The number of rotatable bonds is 8. The van der Waals surface area contributed by atoms with Crippen LogP contribution in [-0.4, -0.2) is 37.7 Å². The standard InChI is InChI=1S/C19H24N4O2S/c1-3-20-19(21-11-6-12-24-2)22-13-14-9-10-16(25-14)18-23-15-7-4-5-8-17(15)26-18/h4-5,7-10H,3,6,11-13H2,1-2H3,(H2,20,21,22). The highest BCUT2D eigenvalue weighted by molar-refractivity contribution is 7.21. The fourth-order valence-electron chi connectivity index (χ4n) is 2.48. The summed E-state index contributed by atoms with van der Waals surface area (Å²) in [4.78, 5) is 9.21. The van der Waals surface area contributed by atoms with Gasteiger partial charge in [-0.05, 0) is 37.6 Å². The van der Waals surface area contributed by atoms with Gasteiger partial charge in [0.15, 0.2) is 16.7 Å². The monoisotopic (exact) mass is 372 g/mol. The average molecular weight is 372 g/mol. The molecule has 0 saturated carbocycles. The molecule has 0 amide bonds. The Balaban J connectivity index is 1.64. The normalized spacial score (nSPS) is 11.8. The first-order chi connectivity index (χ1) is 12.8. The fraction of sp³-hybridized carbons (Fsp3) is 0.368. The number of hydrogen-bond donors (Lipinski definition) is 2. The summed E-state index contributed by atoms with van der Waals surface area (Å²) >= 11 is 1.63.